The summed E-state index contributed by atoms with van der Waals surface area (Å²) in [6.45, 7) is -0.130. The summed E-state index contributed by atoms with van der Waals surface area (Å²) < 4.78 is 19.0. The van der Waals surface area contributed by atoms with Crippen LogP contribution in [0.1, 0.15) is 23.2 Å². The van der Waals surface area contributed by atoms with Gasteiger partial charge in [-0.1, -0.05) is 24.3 Å². The summed E-state index contributed by atoms with van der Waals surface area (Å²) in [6.07, 6.45) is 0.289. The van der Waals surface area contributed by atoms with Crippen LogP contribution in [0.25, 0.3) is 0 Å². The molecule has 0 atom stereocenters. The van der Waals surface area contributed by atoms with Gasteiger partial charge in [-0.3, -0.25) is 14.4 Å². The molecule has 148 valence electrons. The van der Waals surface area contributed by atoms with Crippen molar-refractivity contribution in [2.24, 2.45) is 0 Å². The average Bonchev–Trinajstić information content (AvgIpc) is 2.67. The number of amides is 2. The number of ether oxygens (including phenoxy) is 1. The van der Waals surface area contributed by atoms with Gasteiger partial charge in [0, 0.05) is 20.0 Å². The maximum absolute atomic E-state index is 13.6. The van der Waals surface area contributed by atoms with Crippen LogP contribution in [-0.2, 0) is 9.59 Å². The average molecular weight is 388 g/mol. The zero-order valence-electron chi connectivity index (χ0n) is 15.4. The molecule has 2 N–H and O–H groups in total. The van der Waals surface area contributed by atoms with Crippen molar-refractivity contribution in [1.82, 2.24) is 4.90 Å². The number of hydrogen-bond donors (Lipinski definition) is 2. The zero-order valence-corrected chi connectivity index (χ0v) is 15.4. The Morgan fingerprint density at radius 2 is 1.79 bits per heavy atom. The highest BCUT2D eigenvalue weighted by molar-refractivity contribution is 5.97. The van der Waals surface area contributed by atoms with Crippen LogP contribution in [-0.4, -0.2) is 48.0 Å². The number of halogens is 1. The number of hydrogen-bond acceptors (Lipinski definition) is 4. The number of benzene rings is 2. The summed E-state index contributed by atoms with van der Waals surface area (Å²) in [5, 5.41) is 11.1. The Balaban J connectivity index is 1.97. The van der Waals surface area contributed by atoms with Crippen LogP contribution in [0, 0.1) is 5.82 Å². The molecule has 0 aliphatic rings. The van der Waals surface area contributed by atoms with Crippen LogP contribution in [0.4, 0.5) is 10.1 Å². The Hall–Kier alpha value is -3.42. The first-order valence-electron chi connectivity index (χ1n) is 8.62. The minimum atomic E-state index is -0.926. The van der Waals surface area contributed by atoms with Gasteiger partial charge in [-0.15, -0.1) is 0 Å². The van der Waals surface area contributed by atoms with Crippen molar-refractivity contribution in [1.29, 1.82) is 0 Å². The molecule has 0 aliphatic carbocycles. The van der Waals surface area contributed by atoms with Crippen LogP contribution in [0.3, 0.4) is 0 Å². The third-order valence-corrected chi connectivity index (χ3v) is 3.86. The SMILES string of the molecule is CN(CCCC(=O)O)C(=O)c1ccccc1OCC(=O)Nc1ccccc1F. The summed E-state index contributed by atoms with van der Waals surface area (Å²) in [4.78, 5) is 36.6. The van der Waals surface area contributed by atoms with E-state index in [-0.39, 0.29) is 35.9 Å². The van der Waals surface area contributed by atoms with Crippen LogP contribution in [0.2, 0.25) is 0 Å². The van der Waals surface area contributed by atoms with Gasteiger partial charge in [-0.2, -0.15) is 0 Å². The van der Waals surface area contributed by atoms with E-state index in [1.807, 2.05) is 0 Å². The molecule has 0 saturated heterocycles. The molecule has 8 heteroatoms. The molecular weight excluding hydrogens is 367 g/mol. The first-order chi connectivity index (χ1) is 13.4. The van der Waals surface area contributed by atoms with E-state index in [1.54, 1.807) is 37.4 Å². The smallest absolute Gasteiger partial charge is 0.303 e. The number of aliphatic carboxylic acids is 1. The van der Waals surface area contributed by atoms with Crippen molar-refractivity contribution in [3.8, 4) is 5.75 Å². The van der Waals surface area contributed by atoms with E-state index in [0.717, 1.165) is 0 Å². The summed E-state index contributed by atoms with van der Waals surface area (Å²) in [5.41, 5.74) is 0.289. The van der Waals surface area contributed by atoms with Crippen molar-refractivity contribution in [3.63, 3.8) is 0 Å². The van der Waals surface area contributed by atoms with Gasteiger partial charge in [-0.05, 0) is 30.7 Å². The summed E-state index contributed by atoms with van der Waals surface area (Å²) >= 11 is 0. The first kappa shape index (κ1) is 20.9. The number of nitrogens with zero attached hydrogens (tertiary/aromatic N) is 1. The van der Waals surface area contributed by atoms with Gasteiger partial charge in [0.2, 0.25) is 0 Å². The van der Waals surface area contributed by atoms with E-state index >= 15 is 0 Å². The van der Waals surface area contributed by atoms with Crippen LogP contribution in [0.15, 0.2) is 48.5 Å². The molecule has 0 unspecified atom stereocenters. The number of anilines is 1. The van der Waals surface area contributed by atoms with Crippen LogP contribution in [0.5, 0.6) is 5.75 Å². The van der Waals surface area contributed by atoms with Gasteiger partial charge in [0.15, 0.2) is 6.61 Å². The second-order valence-electron chi connectivity index (χ2n) is 6.04. The molecule has 0 aliphatic heterocycles. The van der Waals surface area contributed by atoms with Crippen molar-refractivity contribution >= 4 is 23.5 Å². The lowest BCUT2D eigenvalue weighted by atomic mass is 10.1. The highest BCUT2D eigenvalue weighted by Gasteiger charge is 2.17. The maximum atomic E-state index is 13.6. The summed E-state index contributed by atoms with van der Waals surface area (Å²) in [5.74, 6) is -2.20. The monoisotopic (exact) mass is 388 g/mol. The number of para-hydroxylation sites is 2. The fourth-order valence-corrected chi connectivity index (χ4v) is 2.44. The molecule has 2 amide bonds. The Bertz CT molecular complexity index is 856. The normalized spacial score (nSPS) is 10.2. The van der Waals surface area contributed by atoms with Crippen molar-refractivity contribution in [2.45, 2.75) is 12.8 Å². The zero-order chi connectivity index (χ0) is 20.5. The quantitative estimate of drug-likeness (QED) is 0.689. The van der Waals surface area contributed by atoms with E-state index < -0.39 is 24.3 Å². The molecule has 0 heterocycles. The van der Waals surface area contributed by atoms with E-state index in [4.69, 9.17) is 9.84 Å². The number of carbonyl (C=O) groups excluding carboxylic acids is 2. The third kappa shape index (κ3) is 6.08. The molecule has 0 aromatic heterocycles. The second-order valence-corrected chi connectivity index (χ2v) is 6.04. The van der Waals surface area contributed by atoms with E-state index in [2.05, 4.69) is 5.32 Å². The number of carbonyl (C=O) groups is 3. The molecule has 2 rings (SSSR count). The Labute approximate surface area is 161 Å². The van der Waals surface area contributed by atoms with Crippen molar-refractivity contribution in [3.05, 3.63) is 59.9 Å². The van der Waals surface area contributed by atoms with Crippen molar-refractivity contribution in [2.75, 3.05) is 25.5 Å². The highest BCUT2D eigenvalue weighted by Crippen LogP contribution is 2.20. The summed E-state index contributed by atoms with van der Waals surface area (Å²) in [7, 11) is 1.56. The standard InChI is InChI=1S/C20H21FN2O5/c1-23(12-6-11-19(25)26)20(27)14-7-2-5-10-17(14)28-13-18(24)22-16-9-4-3-8-15(16)21/h2-5,7-10H,6,11-13H2,1H3,(H,22,24)(H,25,26). The molecule has 7 nitrogen and oxygen atoms in total. The minimum Gasteiger partial charge on any atom is -0.483 e. The minimum absolute atomic E-state index is 0.0357. The molecule has 0 saturated carbocycles. The largest absolute Gasteiger partial charge is 0.483 e. The molecule has 2 aromatic carbocycles. The third-order valence-electron chi connectivity index (χ3n) is 3.86. The highest BCUT2D eigenvalue weighted by atomic mass is 19.1. The first-order valence-corrected chi connectivity index (χ1v) is 8.62. The maximum Gasteiger partial charge on any atom is 0.303 e. The van der Waals surface area contributed by atoms with Gasteiger partial charge in [-0.25, -0.2) is 4.39 Å². The molecule has 2 aromatic rings. The lowest BCUT2D eigenvalue weighted by Gasteiger charge is -2.18. The number of nitrogens with one attached hydrogen (secondary N) is 1. The van der Waals surface area contributed by atoms with Gasteiger partial charge in [0.05, 0.1) is 11.3 Å². The van der Waals surface area contributed by atoms with Crippen LogP contribution < -0.4 is 10.1 Å². The molecule has 0 fully saturated rings. The van der Waals surface area contributed by atoms with Gasteiger partial charge < -0.3 is 20.1 Å². The Morgan fingerprint density at radius 1 is 1.11 bits per heavy atom. The van der Waals surface area contributed by atoms with E-state index in [1.165, 1.54) is 23.1 Å². The molecule has 28 heavy (non-hydrogen) atoms. The van der Waals surface area contributed by atoms with Gasteiger partial charge in [0.25, 0.3) is 11.8 Å². The van der Waals surface area contributed by atoms with E-state index in [0.29, 0.717) is 6.42 Å². The van der Waals surface area contributed by atoms with Gasteiger partial charge in [0.1, 0.15) is 11.6 Å². The van der Waals surface area contributed by atoms with Gasteiger partial charge >= 0.3 is 5.97 Å². The van der Waals surface area contributed by atoms with E-state index in [9.17, 15) is 18.8 Å². The predicted molar refractivity (Wildman–Crippen MR) is 101 cm³/mol. The second kappa shape index (κ2) is 10.1. The number of carboxylic acid groups (broad SMARTS) is 1. The molecule has 0 spiro atoms. The fourth-order valence-electron chi connectivity index (χ4n) is 2.44. The lowest BCUT2D eigenvalue weighted by Crippen LogP contribution is -2.29. The number of rotatable bonds is 9. The lowest BCUT2D eigenvalue weighted by molar-refractivity contribution is -0.137. The molecule has 0 bridgehead atoms. The molecule has 0 radical (unpaired) electrons. The predicted octanol–water partition coefficient (Wildman–Crippen LogP) is 2.78. The van der Waals surface area contributed by atoms with Crippen LogP contribution >= 0.6 is 0 Å². The Morgan fingerprint density at radius 3 is 2.50 bits per heavy atom. The fraction of sp³-hybridized carbons (Fsp3) is 0.250. The summed E-state index contributed by atoms with van der Waals surface area (Å²) in [6, 6.07) is 12.2. The number of carboxylic acids is 1. The topological polar surface area (TPSA) is 95.9 Å². The molecular formula is C20H21FN2O5. The Kier molecular flexibility index (Phi) is 7.50. The van der Waals surface area contributed by atoms with Crippen molar-refractivity contribution < 1.29 is 28.6 Å².